The molecule has 0 saturated heterocycles. The molecule has 1 heterocycles. The molecule has 0 aromatic heterocycles. The Bertz CT molecular complexity index is 384. The Morgan fingerprint density at radius 2 is 2.33 bits per heavy atom. The number of fused-ring (bicyclic) bond motifs is 1. The number of amides is 1. The van der Waals surface area contributed by atoms with Gasteiger partial charge in [-0.2, -0.15) is 0 Å². The van der Waals surface area contributed by atoms with Gasteiger partial charge in [0.2, 0.25) is 5.91 Å². The first-order valence-corrected chi connectivity index (χ1v) is 6.07. The van der Waals surface area contributed by atoms with Crippen LogP contribution in [0.25, 0.3) is 0 Å². The predicted molar refractivity (Wildman–Crippen MR) is 67.4 cm³/mol. The number of nitrogens with two attached hydrogens (primary N) is 1. The van der Waals surface area contributed by atoms with Crippen molar-refractivity contribution in [3.8, 4) is 5.75 Å². The van der Waals surface area contributed by atoms with E-state index < -0.39 is 5.91 Å². The summed E-state index contributed by atoms with van der Waals surface area (Å²) < 4.78 is 10.8. The van der Waals surface area contributed by atoms with E-state index in [-0.39, 0.29) is 12.7 Å². The second-order valence-corrected chi connectivity index (χ2v) is 4.27. The molecule has 98 valence electrons. The Morgan fingerprint density at radius 3 is 3.11 bits per heavy atom. The Morgan fingerprint density at radius 1 is 1.50 bits per heavy atom. The molecule has 2 rings (SSSR count). The Labute approximate surface area is 106 Å². The smallest absolute Gasteiger partial charge is 0.243 e. The zero-order valence-corrected chi connectivity index (χ0v) is 10.2. The van der Waals surface area contributed by atoms with Gasteiger partial charge < -0.3 is 20.5 Å². The van der Waals surface area contributed by atoms with E-state index in [2.05, 4.69) is 11.4 Å². The average Bonchev–Trinajstić information content (AvgIpc) is 2.75. The SMILES string of the molecule is NC(=O)COCCNCC1Cc2ccccc2O1. The number of benzene rings is 1. The molecule has 0 fully saturated rings. The summed E-state index contributed by atoms with van der Waals surface area (Å²) in [5, 5.41) is 3.23. The number of carbonyl (C=O) groups excluding carboxylic acids is 1. The molecule has 0 aliphatic carbocycles. The lowest BCUT2D eigenvalue weighted by Gasteiger charge is -2.11. The van der Waals surface area contributed by atoms with Crippen LogP contribution in [0.4, 0.5) is 0 Å². The van der Waals surface area contributed by atoms with Gasteiger partial charge >= 0.3 is 0 Å². The van der Waals surface area contributed by atoms with Gasteiger partial charge in [0.05, 0.1) is 6.61 Å². The van der Waals surface area contributed by atoms with Crippen molar-refractivity contribution < 1.29 is 14.3 Å². The molecule has 1 aliphatic rings. The molecule has 1 atom stereocenters. The molecule has 1 amide bonds. The van der Waals surface area contributed by atoms with E-state index in [1.807, 2.05) is 18.2 Å². The van der Waals surface area contributed by atoms with Crippen LogP contribution in [0.15, 0.2) is 24.3 Å². The average molecular weight is 250 g/mol. The van der Waals surface area contributed by atoms with Crippen LogP contribution < -0.4 is 15.8 Å². The van der Waals surface area contributed by atoms with Crippen molar-refractivity contribution in [3.05, 3.63) is 29.8 Å². The van der Waals surface area contributed by atoms with Crippen molar-refractivity contribution in [1.82, 2.24) is 5.32 Å². The highest BCUT2D eigenvalue weighted by Gasteiger charge is 2.21. The molecule has 1 aliphatic heterocycles. The number of rotatable bonds is 7. The minimum Gasteiger partial charge on any atom is -0.488 e. The molecule has 0 bridgehead atoms. The van der Waals surface area contributed by atoms with Crippen molar-refractivity contribution in [2.75, 3.05) is 26.3 Å². The highest BCUT2D eigenvalue weighted by atomic mass is 16.5. The lowest BCUT2D eigenvalue weighted by atomic mass is 10.1. The Balaban J connectivity index is 1.58. The van der Waals surface area contributed by atoms with Gasteiger partial charge in [0.15, 0.2) is 0 Å². The van der Waals surface area contributed by atoms with Crippen molar-refractivity contribution in [3.63, 3.8) is 0 Å². The highest BCUT2D eigenvalue weighted by molar-refractivity contribution is 5.74. The monoisotopic (exact) mass is 250 g/mol. The summed E-state index contributed by atoms with van der Waals surface area (Å²) in [5.74, 6) is 0.541. The molecule has 0 radical (unpaired) electrons. The number of hydrogen-bond acceptors (Lipinski definition) is 4. The lowest BCUT2D eigenvalue weighted by molar-refractivity contribution is -0.122. The summed E-state index contributed by atoms with van der Waals surface area (Å²) in [6.45, 7) is 1.91. The van der Waals surface area contributed by atoms with Crippen LogP contribution in [0, 0.1) is 0 Å². The normalized spacial score (nSPS) is 17.2. The van der Waals surface area contributed by atoms with Gasteiger partial charge in [-0.15, -0.1) is 0 Å². The minimum atomic E-state index is -0.440. The van der Waals surface area contributed by atoms with Crippen molar-refractivity contribution in [2.24, 2.45) is 5.73 Å². The zero-order chi connectivity index (χ0) is 12.8. The van der Waals surface area contributed by atoms with Crippen LogP contribution >= 0.6 is 0 Å². The van der Waals surface area contributed by atoms with Crippen molar-refractivity contribution >= 4 is 5.91 Å². The molecule has 0 spiro atoms. The highest BCUT2D eigenvalue weighted by Crippen LogP contribution is 2.27. The van der Waals surface area contributed by atoms with Gasteiger partial charge in [0.1, 0.15) is 18.5 Å². The van der Waals surface area contributed by atoms with E-state index in [0.29, 0.717) is 13.2 Å². The number of para-hydroxylation sites is 1. The van der Waals surface area contributed by atoms with Crippen molar-refractivity contribution in [2.45, 2.75) is 12.5 Å². The van der Waals surface area contributed by atoms with E-state index in [1.54, 1.807) is 0 Å². The fourth-order valence-corrected chi connectivity index (χ4v) is 1.95. The maximum absolute atomic E-state index is 10.4. The van der Waals surface area contributed by atoms with Crippen LogP contribution in [0.5, 0.6) is 5.75 Å². The standard InChI is InChI=1S/C13H18N2O3/c14-13(16)9-17-6-5-15-8-11-7-10-3-1-2-4-12(10)18-11/h1-4,11,15H,5-9H2,(H2,14,16). The molecule has 1 aromatic carbocycles. The minimum absolute atomic E-state index is 0.0208. The molecule has 1 unspecified atom stereocenters. The van der Waals surface area contributed by atoms with Crippen LogP contribution in [0.2, 0.25) is 0 Å². The molecular formula is C13H18N2O3. The fourth-order valence-electron chi connectivity index (χ4n) is 1.95. The summed E-state index contributed by atoms with van der Waals surface area (Å²) in [6, 6.07) is 8.08. The summed E-state index contributed by atoms with van der Waals surface area (Å²) in [7, 11) is 0. The first-order chi connectivity index (χ1) is 8.75. The first kappa shape index (κ1) is 12.9. The molecular weight excluding hydrogens is 232 g/mol. The Hall–Kier alpha value is -1.59. The Kier molecular flexibility index (Phi) is 4.55. The van der Waals surface area contributed by atoms with Crippen molar-refractivity contribution in [1.29, 1.82) is 0 Å². The predicted octanol–water partition coefficient (Wildman–Crippen LogP) is 0.0816. The molecule has 5 nitrogen and oxygen atoms in total. The number of ether oxygens (including phenoxy) is 2. The maximum atomic E-state index is 10.4. The largest absolute Gasteiger partial charge is 0.488 e. The third-order valence-electron chi connectivity index (χ3n) is 2.75. The molecule has 0 saturated carbocycles. The molecule has 5 heteroatoms. The molecule has 3 N–H and O–H groups in total. The number of hydrogen-bond donors (Lipinski definition) is 2. The summed E-state index contributed by atoms with van der Waals surface area (Å²) in [6.07, 6.45) is 1.12. The van der Waals surface area contributed by atoms with Gasteiger partial charge in [-0.1, -0.05) is 18.2 Å². The fraction of sp³-hybridized carbons (Fsp3) is 0.462. The molecule has 18 heavy (non-hydrogen) atoms. The second kappa shape index (κ2) is 6.37. The van der Waals surface area contributed by atoms with Crippen LogP contribution in [0.1, 0.15) is 5.56 Å². The van der Waals surface area contributed by atoms with Crippen LogP contribution in [-0.2, 0) is 16.0 Å². The quantitative estimate of drug-likeness (QED) is 0.672. The molecule has 1 aromatic rings. The van der Waals surface area contributed by atoms with E-state index in [4.69, 9.17) is 15.2 Å². The first-order valence-electron chi connectivity index (χ1n) is 6.07. The van der Waals surface area contributed by atoms with E-state index in [9.17, 15) is 4.79 Å². The maximum Gasteiger partial charge on any atom is 0.243 e. The van der Waals surface area contributed by atoms with Crippen LogP contribution in [0.3, 0.4) is 0 Å². The van der Waals surface area contributed by atoms with Gasteiger partial charge in [0, 0.05) is 19.5 Å². The summed E-state index contributed by atoms with van der Waals surface area (Å²) in [5.41, 5.74) is 6.21. The van der Waals surface area contributed by atoms with E-state index >= 15 is 0 Å². The summed E-state index contributed by atoms with van der Waals surface area (Å²) in [4.78, 5) is 10.4. The van der Waals surface area contributed by atoms with Gasteiger partial charge in [-0.05, 0) is 11.6 Å². The summed E-state index contributed by atoms with van der Waals surface area (Å²) >= 11 is 0. The van der Waals surface area contributed by atoms with E-state index in [0.717, 1.165) is 18.7 Å². The second-order valence-electron chi connectivity index (χ2n) is 4.27. The lowest BCUT2D eigenvalue weighted by Crippen LogP contribution is -2.32. The zero-order valence-electron chi connectivity index (χ0n) is 10.2. The van der Waals surface area contributed by atoms with Crippen LogP contribution in [-0.4, -0.2) is 38.3 Å². The van der Waals surface area contributed by atoms with Gasteiger partial charge in [0.25, 0.3) is 0 Å². The topological polar surface area (TPSA) is 73.6 Å². The number of nitrogens with one attached hydrogen (secondary N) is 1. The van der Waals surface area contributed by atoms with Gasteiger partial charge in [-0.25, -0.2) is 0 Å². The number of carbonyl (C=O) groups is 1. The van der Waals surface area contributed by atoms with Gasteiger partial charge in [-0.3, -0.25) is 4.79 Å². The third-order valence-corrected chi connectivity index (χ3v) is 2.75. The third kappa shape index (κ3) is 3.72. The number of primary amides is 1. The van der Waals surface area contributed by atoms with E-state index in [1.165, 1.54) is 5.56 Å².